The maximum atomic E-state index is 12.2. The molecule has 1 heterocycles. The van der Waals surface area contributed by atoms with E-state index in [-0.39, 0.29) is 35.2 Å². The Bertz CT molecular complexity index is 531. The number of Topliss-reactive ketones (excluding diaryl/α,β-unsaturated/α-hetero) is 1. The maximum Gasteiger partial charge on any atom is 0.169 e. The lowest BCUT2D eigenvalue weighted by Gasteiger charge is -2.35. The SMILES string of the molecule is CC1([C@H]2CC(=O)c3c(O)ccc(O)c3C2)OCCO1. The van der Waals surface area contributed by atoms with Gasteiger partial charge in [0, 0.05) is 17.9 Å². The minimum absolute atomic E-state index is 0.0347. The standard InChI is InChI=1S/C14H16O5/c1-14(18-4-5-19-14)8-6-9-10(15)2-3-11(16)13(9)12(17)7-8/h2-3,8,15-16H,4-7H2,1H3/t8-/m1/s1. The monoisotopic (exact) mass is 264 g/mol. The Morgan fingerprint density at radius 3 is 2.47 bits per heavy atom. The summed E-state index contributed by atoms with van der Waals surface area (Å²) >= 11 is 0. The summed E-state index contributed by atoms with van der Waals surface area (Å²) < 4.78 is 11.2. The number of carbonyl (C=O) groups is 1. The number of phenolic OH excluding ortho intramolecular Hbond substituents is 2. The molecule has 0 amide bonds. The third-order valence-electron chi connectivity index (χ3n) is 4.03. The molecule has 1 saturated heterocycles. The zero-order valence-electron chi connectivity index (χ0n) is 10.7. The van der Waals surface area contributed by atoms with Crippen LogP contribution >= 0.6 is 0 Å². The molecule has 2 aliphatic rings. The summed E-state index contributed by atoms with van der Waals surface area (Å²) in [5.41, 5.74) is 0.722. The van der Waals surface area contributed by atoms with Crippen LogP contribution in [0.1, 0.15) is 29.3 Å². The predicted octanol–water partition coefficient (Wildman–Crippen LogP) is 1.61. The van der Waals surface area contributed by atoms with Crippen molar-refractivity contribution in [3.8, 4) is 11.5 Å². The van der Waals surface area contributed by atoms with Gasteiger partial charge in [-0.2, -0.15) is 0 Å². The number of fused-ring (bicyclic) bond motifs is 1. The normalized spacial score (nSPS) is 25.3. The third-order valence-corrected chi connectivity index (χ3v) is 4.03. The van der Waals surface area contributed by atoms with Gasteiger partial charge in [0.15, 0.2) is 11.6 Å². The molecule has 19 heavy (non-hydrogen) atoms. The van der Waals surface area contributed by atoms with Crippen LogP contribution in [0.25, 0.3) is 0 Å². The minimum atomic E-state index is -0.786. The smallest absolute Gasteiger partial charge is 0.169 e. The van der Waals surface area contributed by atoms with E-state index in [0.29, 0.717) is 25.2 Å². The van der Waals surface area contributed by atoms with Crippen LogP contribution in [-0.4, -0.2) is 35.0 Å². The molecule has 5 nitrogen and oxygen atoms in total. The highest BCUT2D eigenvalue weighted by Crippen LogP contribution is 2.42. The second kappa shape index (κ2) is 4.21. The average molecular weight is 264 g/mol. The van der Waals surface area contributed by atoms with Crippen molar-refractivity contribution in [3.05, 3.63) is 23.3 Å². The first kappa shape index (κ1) is 12.4. The Morgan fingerprint density at radius 1 is 1.16 bits per heavy atom. The van der Waals surface area contributed by atoms with E-state index in [9.17, 15) is 15.0 Å². The Morgan fingerprint density at radius 2 is 1.79 bits per heavy atom. The summed E-state index contributed by atoms with van der Waals surface area (Å²) in [6.07, 6.45) is 0.707. The molecular formula is C14H16O5. The molecule has 2 N–H and O–H groups in total. The highest BCUT2D eigenvalue weighted by atomic mass is 16.7. The lowest BCUT2D eigenvalue weighted by molar-refractivity contribution is -0.181. The van der Waals surface area contributed by atoms with Gasteiger partial charge in [0.2, 0.25) is 0 Å². The number of rotatable bonds is 1. The molecule has 1 aromatic rings. The molecule has 0 radical (unpaired) electrons. The van der Waals surface area contributed by atoms with E-state index < -0.39 is 5.79 Å². The fourth-order valence-electron chi connectivity index (χ4n) is 2.92. The van der Waals surface area contributed by atoms with Crippen LogP contribution in [0.15, 0.2) is 12.1 Å². The molecule has 0 unspecified atom stereocenters. The van der Waals surface area contributed by atoms with Crippen molar-refractivity contribution in [2.75, 3.05) is 13.2 Å². The van der Waals surface area contributed by atoms with Gasteiger partial charge in [-0.1, -0.05) is 0 Å². The van der Waals surface area contributed by atoms with Crippen LogP contribution in [0.4, 0.5) is 0 Å². The lowest BCUT2D eigenvalue weighted by Crippen LogP contribution is -2.40. The van der Waals surface area contributed by atoms with E-state index >= 15 is 0 Å². The third kappa shape index (κ3) is 1.89. The first-order valence-corrected chi connectivity index (χ1v) is 6.36. The summed E-state index contributed by atoms with van der Waals surface area (Å²) in [4.78, 5) is 12.2. The summed E-state index contributed by atoms with van der Waals surface area (Å²) in [7, 11) is 0. The molecule has 0 saturated carbocycles. The molecule has 1 aromatic carbocycles. The number of aromatic hydroxyl groups is 2. The van der Waals surface area contributed by atoms with Gasteiger partial charge < -0.3 is 19.7 Å². The van der Waals surface area contributed by atoms with E-state index in [1.54, 1.807) is 0 Å². The fraction of sp³-hybridized carbons (Fsp3) is 0.500. The van der Waals surface area contributed by atoms with Crippen molar-refractivity contribution in [1.82, 2.24) is 0 Å². The second-order valence-corrected chi connectivity index (χ2v) is 5.20. The maximum absolute atomic E-state index is 12.2. The molecule has 102 valence electrons. The average Bonchev–Trinajstić information content (AvgIpc) is 2.82. The van der Waals surface area contributed by atoms with Gasteiger partial charge in [0.05, 0.1) is 18.8 Å². The van der Waals surface area contributed by atoms with Crippen LogP contribution in [-0.2, 0) is 15.9 Å². The fourth-order valence-corrected chi connectivity index (χ4v) is 2.92. The Hall–Kier alpha value is -1.59. The molecular weight excluding hydrogens is 248 g/mol. The van der Waals surface area contributed by atoms with Gasteiger partial charge in [-0.05, 0) is 25.5 Å². The van der Waals surface area contributed by atoms with Crippen molar-refractivity contribution < 1.29 is 24.5 Å². The minimum Gasteiger partial charge on any atom is -0.508 e. The van der Waals surface area contributed by atoms with E-state index in [4.69, 9.17) is 9.47 Å². The van der Waals surface area contributed by atoms with Gasteiger partial charge in [-0.15, -0.1) is 0 Å². The molecule has 0 spiro atoms. The van der Waals surface area contributed by atoms with Crippen LogP contribution in [0.5, 0.6) is 11.5 Å². The number of hydrogen-bond acceptors (Lipinski definition) is 5. The van der Waals surface area contributed by atoms with Crippen molar-refractivity contribution in [1.29, 1.82) is 0 Å². The zero-order chi connectivity index (χ0) is 13.6. The summed E-state index contributed by atoms with van der Waals surface area (Å²) in [6.45, 7) is 2.85. The molecule has 0 bridgehead atoms. The zero-order valence-corrected chi connectivity index (χ0v) is 10.7. The van der Waals surface area contributed by atoms with E-state index in [0.717, 1.165) is 0 Å². The number of benzene rings is 1. The summed E-state index contributed by atoms with van der Waals surface area (Å²) in [5.74, 6) is -1.16. The van der Waals surface area contributed by atoms with Crippen molar-refractivity contribution in [3.63, 3.8) is 0 Å². The lowest BCUT2D eigenvalue weighted by atomic mass is 9.78. The molecule has 1 atom stereocenters. The number of ketones is 1. The first-order valence-electron chi connectivity index (χ1n) is 6.36. The highest BCUT2D eigenvalue weighted by Gasteiger charge is 2.44. The van der Waals surface area contributed by atoms with E-state index in [1.807, 2.05) is 6.92 Å². The number of ether oxygens (including phenoxy) is 2. The van der Waals surface area contributed by atoms with Gasteiger partial charge in [0.25, 0.3) is 0 Å². The predicted molar refractivity (Wildman–Crippen MR) is 66.2 cm³/mol. The molecule has 1 aliphatic carbocycles. The Balaban J connectivity index is 2.00. The largest absolute Gasteiger partial charge is 0.508 e. The first-order chi connectivity index (χ1) is 9.01. The molecule has 0 aromatic heterocycles. The van der Waals surface area contributed by atoms with Crippen LogP contribution < -0.4 is 0 Å². The summed E-state index contributed by atoms with van der Waals surface area (Å²) in [6, 6.07) is 2.75. The van der Waals surface area contributed by atoms with Crippen molar-refractivity contribution in [2.24, 2.45) is 5.92 Å². The van der Waals surface area contributed by atoms with E-state index in [2.05, 4.69) is 0 Å². The molecule has 1 aliphatic heterocycles. The number of carbonyl (C=O) groups excluding carboxylic acids is 1. The van der Waals surface area contributed by atoms with Gasteiger partial charge in [-0.3, -0.25) is 4.79 Å². The molecule has 3 rings (SSSR count). The van der Waals surface area contributed by atoms with Crippen LogP contribution in [0, 0.1) is 5.92 Å². The van der Waals surface area contributed by atoms with Crippen LogP contribution in [0.2, 0.25) is 0 Å². The summed E-state index contributed by atoms with van der Waals surface area (Å²) in [5, 5.41) is 19.7. The number of phenols is 2. The number of hydrogen-bond donors (Lipinski definition) is 2. The molecule has 1 fully saturated rings. The Labute approximate surface area is 110 Å². The highest BCUT2D eigenvalue weighted by molar-refractivity contribution is 6.01. The van der Waals surface area contributed by atoms with Crippen molar-refractivity contribution in [2.45, 2.75) is 25.6 Å². The topological polar surface area (TPSA) is 76.0 Å². The second-order valence-electron chi connectivity index (χ2n) is 5.20. The van der Waals surface area contributed by atoms with Gasteiger partial charge >= 0.3 is 0 Å². The Kier molecular flexibility index (Phi) is 2.76. The van der Waals surface area contributed by atoms with Crippen LogP contribution in [0.3, 0.4) is 0 Å². The van der Waals surface area contributed by atoms with Gasteiger partial charge in [0.1, 0.15) is 11.5 Å². The molecule has 5 heteroatoms. The van der Waals surface area contributed by atoms with Gasteiger partial charge in [-0.25, -0.2) is 0 Å². The van der Waals surface area contributed by atoms with E-state index in [1.165, 1.54) is 12.1 Å². The quantitative estimate of drug-likeness (QED) is 0.754. The van der Waals surface area contributed by atoms with Crippen molar-refractivity contribution >= 4 is 5.78 Å².